The Kier molecular flexibility index (Phi) is 7.01. The van der Waals surface area contributed by atoms with E-state index in [-0.39, 0.29) is 23.4 Å². The van der Waals surface area contributed by atoms with Crippen molar-refractivity contribution in [3.63, 3.8) is 0 Å². The first-order valence-electron chi connectivity index (χ1n) is 9.10. The molecular weight excluding hydrogens is 386 g/mol. The van der Waals surface area contributed by atoms with Crippen LogP contribution >= 0.6 is 23.5 Å². The number of carbonyl (C=O) groups is 2. The minimum atomic E-state index is -0.294. The van der Waals surface area contributed by atoms with Crippen molar-refractivity contribution in [2.75, 3.05) is 24.7 Å². The van der Waals surface area contributed by atoms with Gasteiger partial charge in [-0.1, -0.05) is 23.5 Å². The maximum Gasteiger partial charge on any atom is 0.316 e. The summed E-state index contributed by atoms with van der Waals surface area (Å²) in [6, 6.07) is 0. The maximum atomic E-state index is 11.8. The fourth-order valence-corrected chi connectivity index (χ4v) is 4.62. The topological polar surface area (TPSA) is 94.2 Å². The highest BCUT2D eigenvalue weighted by molar-refractivity contribution is 8.00. The molecule has 0 bridgehead atoms. The molecular formula is C18H23N3O4S2. The van der Waals surface area contributed by atoms with Crippen molar-refractivity contribution in [2.45, 2.75) is 49.7 Å². The van der Waals surface area contributed by atoms with Gasteiger partial charge >= 0.3 is 11.9 Å². The molecule has 0 unspecified atom stereocenters. The molecule has 2 aromatic heterocycles. The summed E-state index contributed by atoms with van der Waals surface area (Å²) in [5.74, 6) is -0.207. The van der Waals surface area contributed by atoms with Crippen LogP contribution in [0.1, 0.15) is 37.9 Å². The van der Waals surface area contributed by atoms with Gasteiger partial charge in [-0.25, -0.2) is 9.97 Å². The van der Waals surface area contributed by atoms with Gasteiger partial charge in [-0.2, -0.15) is 0 Å². The summed E-state index contributed by atoms with van der Waals surface area (Å²) >= 11 is 2.60. The fourth-order valence-electron chi connectivity index (χ4n) is 3.07. The van der Waals surface area contributed by atoms with Crippen LogP contribution in [-0.4, -0.2) is 51.6 Å². The van der Waals surface area contributed by atoms with Crippen molar-refractivity contribution in [1.29, 1.82) is 0 Å². The van der Waals surface area contributed by atoms with Gasteiger partial charge in [0.15, 0.2) is 5.16 Å². The Balaban J connectivity index is 1.88. The van der Waals surface area contributed by atoms with E-state index in [0.717, 1.165) is 41.7 Å². The molecule has 0 aliphatic heterocycles. The monoisotopic (exact) mass is 409 g/mol. The van der Waals surface area contributed by atoms with Crippen molar-refractivity contribution in [1.82, 2.24) is 15.0 Å². The van der Waals surface area contributed by atoms with E-state index in [0.29, 0.717) is 18.4 Å². The molecule has 0 fully saturated rings. The van der Waals surface area contributed by atoms with Crippen molar-refractivity contribution in [3.05, 3.63) is 11.3 Å². The largest absolute Gasteiger partial charge is 0.465 e. The Labute approximate surface area is 166 Å². The first-order valence-corrected chi connectivity index (χ1v) is 11.1. The Hall–Kier alpha value is -1.74. The highest BCUT2D eigenvalue weighted by Crippen LogP contribution is 2.35. The zero-order valence-corrected chi connectivity index (χ0v) is 17.1. The van der Waals surface area contributed by atoms with Crippen LogP contribution in [-0.2, 0) is 31.9 Å². The summed E-state index contributed by atoms with van der Waals surface area (Å²) in [5.41, 5.74) is 3.23. The van der Waals surface area contributed by atoms with E-state index in [1.165, 1.54) is 34.8 Å². The number of rotatable bonds is 8. The highest BCUT2D eigenvalue weighted by atomic mass is 32.2. The molecule has 0 spiro atoms. The van der Waals surface area contributed by atoms with E-state index in [2.05, 4.69) is 15.0 Å². The number of aryl methyl sites for hydroxylation is 2. The van der Waals surface area contributed by atoms with E-state index in [9.17, 15) is 9.59 Å². The molecule has 3 rings (SSSR count). The van der Waals surface area contributed by atoms with Gasteiger partial charge in [0.1, 0.15) is 10.7 Å². The third-order valence-electron chi connectivity index (χ3n) is 4.15. The average molecular weight is 410 g/mol. The predicted molar refractivity (Wildman–Crippen MR) is 105 cm³/mol. The standard InChI is InChI=1S/C18H23N3O4S2/c1-3-24-13(22)9-26-17-15-11-7-5-6-8-12(11)19-16(15)20-18(21-17)27-10-14(23)25-4-2/h3-10H2,1-2H3,(H,19,20,21). The third kappa shape index (κ3) is 4.95. The van der Waals surface area contributed by atoms with E-state index < -0.39 is 0 Å². The molecule has 1 aliphatic carbocycles. The van der Waals surface area contributed by atoms with Crippen LogP contribution in [0.4, 0.5) is 0 Å². The number of H-pyrrole nitrogens is 1. The minimum Gasteiger partial charge on any atom is -0.465 e. The zero-order chi connectivity index (χ0) is 19.2. The number of fused-ring (bicyclic) bond motifs is 3. The lowest BCUT2D eigenvalue weighted by molar-refractivity contribution is -0.140. The van der Waals surface area contributed by atoms with Gasteiger partial charge in [0, 0.05) is 5.69 Å². The second kappa shape index (κ2) is 9.45. The number of esters is 2. The molecule has 2 heterocycles. The molecule has 0 amide bonds. The average Bonchev–Trinajstić information content (AvgIpc) is 3.03. The molecule has 0 saturated carbocycles. The summed E-state index contributed by atoms with van der Waals surface area (Å²) in [6.45, 7) is 4.28. The number of carbonyl (C=O) groups excluding carboxylic acids is 2. The Bertz CT molecular complexity index is 838. The predicted octanol–water partition coefficient (Wildman–Crippen LogP) is 3.15. The van der Waals surface area contributed by atoms with E-state index in [4.69, 9.17) is 9.47 Å². The molecule has 0 radical (unpaired) electrons. The molecule has 0 atom stereocenters. The lowest BCUT2D eigenvalue weighted by Crippen LogP contribution is -2.08. The van der Waals surface area contributed by atoms with Crippen molar-refractivity contribution >= 4 is 46.5 Å². The van der Waals surface area contributed by atoms with Gasteiger partial charge in [-0.05, 0) is 45.1 Å². The van der Waals surface area contributed by atoms with E-state index in [1.807, 2.05) is 0 Å². The van der Waals surface area contributed by atoms with Gasteiger partial charge in [-0.15, -0.1) is 0 Å². The van der Waals surface area contributed by atoms with Crippen molar-refractivity contribution in [2.24, 2.45) is 0 Å². The number of nitrogens with one attached hydrogen (secondary N) is 1. The van der Waals surface area contributed by atoms with E-state index >= 15 is 0 Å². The Morgan fingerprint density at radius 2 is 1.67 bits per heavy atom. The van der Waals surface area contributed by atoms with E-state index in [1.54, 1.807) is 13.8 Å². The van der Waals surface area contributed by atoms with Crippen LogP contribution < -0.4 is 0 Å². The summed E-state index contributed by atoms with van der Waals surface area (Å²) in [4.78, 5) is 36.1. The van der Waals surface area contributed by atoms with Gasteiger partial charge < -0.3 is 14.5 Å². The fraction of sp³-hybridized carbons (Fsp3) is 0.556. The molecule has 0 saturated heterocycles. The second-order valence-electron chi connectivity index (χ2n) is 6.01. The molecule has 9 heteroatoms. The molecule has 0 aromatic carbocycles. The van der Waals surface area contributed by atoms with Crippen LogP contribution in [0.25, 0.3) is 11.0 Å². The summed E-state index contributed by atoms with van der Waals surface area (Å²) in [5, 5.41) is 2.26. The van der Waals surface area contributed by atoms with Gasteiger partial charge in [0.2, 0.25) is 0 Å². The maximum absolute atomic E-state index is 11.8. The molecule has 7 nitrogen and oxygen atoms in total. The number of hydrogen-bond donors (Lipinski definition) is 1. The van der Waals surface area contributed by atoms with Crippen molar-refractivity contribution in [3.8, 4) is 0 Å². The summed E-state index contributed by atoms with van der Waals surface area (Å²) < 4.78 is 9.99. The molecule has 146 valence electrons. The third-order valence-corrected chi connectivity index (χ3v) is 5.92. The lowest BCUT2D eigenvalue weighted by Gasteiger charge is -2.11. The molecule has 27 heavy (non-hydrogen) atoms. The van der Waals surface area contributed by atoms with Gasteiger partial charge in [0.25, 0.3) is 0 Å². The highest BCUT2D eigenvalue weighted by Gasteiger charge is 2.22. The first kappa shape index (κ1) is 20.0. The second-order valence-corrected chi connectivity index (χ2v) is 7.92. The van der Waals surface area contributed by atoms with Crippen LogP contribution in [0.2, 0.25) is 0 Å². The first-order chi connectivity index (χ1) is 13.1. The van der Waals surface area contributed by atoms with Crippen LogP contribution in [0.15, 0.2) is 10.2 Å². The molecule has 1 N–H and O–H groups in total. The van der Waals surface area contributed by atoms with Crippen LogP contribution in [0.3, 0.4) is 0 Å². The van der Waals surface area contributed by atoms with Crippen molar-refractivity contribution < 1.29 is 19.1 Å². The Morgan fingerprint density at radius 3 is 2.37 bits per heavy atom. The number of aromatic nitrogens is 3. The summed E-state index contributed by atoms with van der Waals surface area (Å²) in [6.07, 6.45) is 4.28. The zero-order valence-electron chi connectivity index (χ0n) is 15.5. The SMILES string of the molecule is CCOC(=O)CSc1nc(SCC(=O)OCC)c2c3c([nH]c2n1)CCCC3. The number of ether oxygens (including phenoxy) is 2. The quantitative estimate of drug-likeness (QED) is 0.308. The number of nitrogens with zero attached hydrogens (tertiary/aromatic N) is 2. The van der Waals surface area contributed by atoms with Crippen LogP contribution in [0.5, 0.6) is 0 Å². The minimum absolute atomic E-state index is 0.155. The lowest BCUT2D eigenvalue weighted by atomic mass is 9.96. The molecule has 1 aliphatic rings. The molecule has 2 aromatic rings. The number of thioether (sulfide) groups is 2. The van der Waals surface area contributed by atoms with Gasteiger partial charge in [0.05, 0.1) is 30.1 Å². The smallest absolute Gasteiger partial charge is 0.316 e. The van der Waals surface area contributed by atoms with Crippen LogP contribution in [0, 0.1) is 0 Å². The van der Waals surface area contributed by atoms with Gasteiger partial charge in [-0.3, -0.25) is 9.59 Å². The number of aromatic amines is 1. The normalized spacial score (nSPS) is 13.4. The number of hydrogen-bond acceptors (Lipinski definition) is 8. The Morgan fingerprint density at radius 1 is 1.00 bits per heavy atom. The summed E-state index contributed by atoms with van der Waals surface area (Å²) in [7, 11) is 0.